The van der Waals surface area contributed by atoms with E-state index in [1.807, 2.05) is 37.3 Å². The highest BCUT2D eigenvalue weighted by Gasteiger charge is 2.05. The predicted octanol–water partition coefficient (Wildman–Crippen LogP) is 3.22. The first-order valence-electron chi connectivity index (χ1n) is 8.87. The van der Waals surface area contributed by atoms with E-state index in [1.54, 1.807) is 18.2 Å². The summed E-state index contributed by atoms with van der Waals surface area (Å²) in [6.45, 7) is 7.91. The van der Waals surface area contributed by atoms with Crippen LogP contribution in [0.15, 0.2) is 60.1 Å². The molecular formula is C21H27N3O3. The van der Waals surface area contributed by atoms with E-state index in [-0.39, 0.29) is 5.75 Å². The quantitative estimate of drug-likeness (QED) is 0.359. The molecule has 2 aromatic carbocycles. The van der Waals surface area contributed by atoms with Gasteiger partial charge in [-0.25, -0.2) is 4.99 Å². The SMILES string of the molecule is C=CCOc1ccccc1CNC(=NCc1ccc(OC)c(O)c1)NCC. The van der Waals surface area contributed by atoms with E-state index in [2.05, 4.69) is 22.2 Å². The van der Waals surface area contributed by atoms with Crippen molar-refractivity contribution >= 4 is 5.96 Å². The van der Waals surface area contributed by atoms with E-state index in [9.17, 15) is 5.11 Å². The van der Waals surface area contributed by atoms with Gasteiger partial charge in [0.15, 0.2) is 17.5 Å². The lowest BCUT2D eigenvalue weighted by Crippen LogP contribution is -2.36. The Morgan fingerprint density at radius 2 is 2.00 bits per heavy atom. The zero-order chi connectivity index (χ0) is 19.5. The first-order valence-corrected chi connectivity index (χ1v) is 8.87. The minimum absolute atomic E-state index is 0.108. The third-order valence-electron chi connectivity index (χ3n) is 3.78. The van der Waals surface area contributed by atoms with E-state index in [0.717, 1.165) is 23.4 Å². The Kier molecular flexibility index (Phi) is 8.03. The number of aliphatic imine (C=N–C) groups is 1. The first kappa shape index (κ1) is 20.2. The van der Waals surface area contributed by atoms with Crippen LogP contribution in [0.4, 0.5) is 0 Å². The van der Waals surface area contributed by atoms with Crippen LogP contribution in [0.2, 0.25) is 0 Å². The van der Waals surface area contributed by atoms with Crippen molar-refractivity contribution in [1.29, 1.82) is 0 Å². The van der Waals surface area contributed by atoms with Crippen molar-refractivity contribution in [3.05, 3.63) is 66.2 Å². The van der Waals surface area contributed by atoms with Crippen molar-refractivity contribution in [3.63, 3.8) is 0 Å². The second kappa shape index (κ2) is 10.8. The Hall–Kier alpha value is -3.15. The first-order chi connectivity index (χ1) is 13.2. The number of rotatable bonds is 9. The van der Waals surface area contributed by atoms with Crippen LogP contribution < -0.4 is 20.1 Å². The molecule has 27 heavy (non-hydrogen) atoms. The molecule has 0 aromatic heterocycles. The van der Waals surface area contributed by atoms with Crippen molar-refractivity contribution < 1.29 is 14.6 Å². The van der Waals surface area contributed by atoms with E-state index in [4.69, 9.17) is 9.47 Å². The number of phenolic OH excluding ortho intramolecular Hbond substituents is 1. The number of benzene rings is 2. The number of nitrogens with zero attached hydrogens (tertiary/aromatic N) is 1. The van der Waals surface area contributed by atoms with Crippen molar-refractivity contribution in [3.8, 4) is 17.2 Å². The van der Waals surface area contributed by atoms with Crippen LogP contribution in [-0.2, 0) is 13.1 Å². The summed E-state index contributed by atoms with van der Waals surface area (Å²) in [5, 5.41) is 16.4. The van der Waals surface area contributed by atoms with Crippen molar-refractivity contribution in [2.24, 2.45) is 4.99 Å². The van der Waals surface area contributed by atoms with E-state index >= 15 is 0 Å². The maximum absolute atomic E-state index is 9.89. The summed E-state index contributed by atoms with van der Waals surface area (Å²) in [5.41, 5.74) is 1.92. The lowest BCUT2D eigenvalue weighted by Gasteiger charge is -2.14. The summed E-state index contributed by atoms with van der Waals surface area (Å²) in [7, 11) is 1.52. The van der Waals surface area contributed by atoms with Crippen LogP contribution in [0.1, 0.15) is 18.1 Å². The summed E-state index contributed by atoms with van der Waals surface area (Å²) in [6, 6.07) is 13.1. The summed E-state index contributed by atoms with van der Waals surface area (Å²) in [5.74, 6) is 2.06. The van der Waals surface area contributed by atoms with E-state index in [1.165, 1.54) is 7.11 Å². The maximum atomic E-state index is 9.89. The number of hydrogen-bond donors (Lipinski definition) is 3. The molecule has 6 heteroatoms. The monoisotopic (exact) mass is 369 g/mol. The van der Waals surface area contributed by atoms with Gasteiger partial charge in [0.2, 0.25) is 0 Å². The Morgan fingerprint density at radius 3 is 2.70 bits per heavy atom. The topological polar surface area (TPSA) is 75.1 Å². The van der Waals surface area contributed by atoms with Crippen LogP contribution in [0.3, 0.4) is 0 Å². The molecule has 0 heterocycles. The lowest BCUT2D eigenvalue weighted by atomic mass is 10.2. The van der Waals surface area contributed by atoms with Gasteiger partial charge in [0.05, 0.1) is 13.7 Å². The standard InChI is InChI=1S/C21H27N3O3/c1-4-12-27-19-9-7-6-8-17(19)15-24-21(22-5-2)23-14-16-10-11-20(26-3)18(25)13-16/h4,6-11,13,25H,1,5,12,14-15H2,2-3H3,(H2,22,23,24). The Balaban J connectivity index is 2.04. The normalized spacial score (nSPS) is 11.0. The third kappa shape index (κ3) is 6.26. The number of methoxy groups -OCH3 is 1. The number of nitrogens with one attached hydrogen (secondary N) is 2. The number of para-hydroxylation sites is 1. The van der Waals surface area contributed by atoms with Crippen LogP contribution in [0.25, 0.3) is 0 Å². The Bertz CT molecular complexity index is 775. The molecule has 0 bridgehead atoms. The molecule has 0 aliphatic heterocycles. The molecule has 0 unspecified atom stereocenters. The fourth-order valence-corrected chi connectivity index (χ4v) is 2.46. The number of guanidine groups is 1. The van der Waals surface area contributed by atoms with Crippen molar-refractivity contribution in [2.45, 2.75) is 20.0 Å². The fraction of sp³-hybridized carbons (Fsp3) is 0.286. The van der Waals surface area contributed by atoms with Crippen LogP contribution in [-0.4, -0.2) is 31.3 Å². The van der Waals surface area contributed by atoms with Crippen LogP contribution in [0, 0.1) is 0 Å². The predicted molar refractivity (Wildman–Crippen MR) is 108 cm³/mol. The van der Waals surface area contributed by atoms with Gasteiger partial charge in [-0.1, -0.05) is 36.9 Å². The van der Waals surface area contributed by atoms with Gasteiger partial charge in [0.25, 0.3) is 0 Å². The molecule has 2 aromatic rings. The van der Waals surface area contributed by atoms with Gasteiger partial charge in [-0.15, -0.1) is 0 Å². The Morgan fingerprint density at radius 1 is 1.19 bits per heavy atom. The van der Waals surface area contributed by atoms with E-state index in [0.29, 0.717) is 31.4 Å². The Labute approximate surface area is 160 Å². The molecule has 0 atom stereocenters. The summed E-state index contributed by atoms with van der Waals surface area (Å²) < 4.78 is 10.7. The minimum Gasteiger partial charge on any atom is -0.504 e. The molecular weight excluding hydrogens is 342 g/mol. The molecule has 0 saturated heterocycles. The van der Waals surface area contributed by atoms with Gasteiger partial charge in [0.1, 0.15) is 12.4 Å². The number of ether oxygens (including phenoxy) is 2. The largest absolute Gasteiger partial charge is 0.504 e. The molecule has 0 aliphatic rings. The molecule has 2 rings (SSSR count). The van der Waals surface area contributed by atoms with Crippen molar-refractivity contribution in [2.75, 3.05) is 20.3 Å². The number of hydrogen-bond acceptors (Lipinski definition) is 4. The van der Waals surface area contributed by atoms with Gasteiger partial charge in [-0.05, 0) is 30.7 Å². The second-order valence-electron chi connectivity index (χ2n) is 5.76. The average Bonchev–Trinajstić information content (AvgIpc) is 2.69. The zero-order valence-electron chi connectivity index (χ0n) is 15.9. The van der Waals surface area contributed by atoms with Crippen LogP contribution >= 0.6 is 0 Å². The molecule has 0 amide bonds. The van der Waals surface area contributed by atoms with Gasteiger partial charge in [-0.3, -0.25) is 0 Å². The van der Waals surface area contributed by atoms with Crippen molar-refractivity contribution in [1.82, 2.24) is 10.6 Å². The molecule has 0 radical (unpaired) electrons. The van der Waals surface area contributed by atoms with E-state index < -0.39 is 0 Å². The fourth-order valence-electron chi connectivity index (χ4n) is 2.46. The maximum Gasteiger partial charge on any atom is 0.191 e. The van der Waals surface area contributed by atoms with Gasteiger partial charge >= 0.3 is 0 Å². The highest BCUT2D eigenvalue weighted by molar-refractivity contribution is 5.79. The van der Waals surface area contributed by atoms with Gasteiger partial charge in [-0.2, -0.15) is 0 Å². The molecule has 6 nitrogen and oxygen atoms in total. The number of phenols is 1. The van der Waals surface area contributed by atoms with Gasteiger partial charge < -0.3 is 25.2 Å². The minimum atomic E-state index is 0.108. The van der Waals surface area contributed by atoms with Gasteiger partial charge in [0, 0.05) is 18.7 Å². The second-order valence-corrected chi connectivity index (χ2v) is 5.76. The van der Waals surface area contributed by atoms with Crippen LogP contribution in [0.5, 0.6) is 17.2 Å². The molecule has 144 valence electrons. The highest BCUT2D eigenvalue weighted by atomic mass is 16.5. The molecule has 0 aliphatic carbocycles. The molecule has 0 spiro atoms. The number of aromatic hydroxyl groups is 1. The zero-order valence-corrected chi connectivity index (χ0v) is 15.9. The molecule has 0 fully saturated rings. The smallest absolute Gasteiger partial charge is 0.191 e. The summed E-state index contributed by atoms with van der Waals surface area (Å²) >= 11 is 0. The third-order valence-corrected chi connectivity index (χ3v) is 3.78. The average molecular weight is 369 g/mol. The highest BCUT2D eigenvalue weighted by Crippen LogP contribution is 2.26. The lowest BCUT2D eigenvalue weighted by molar-refractivity contribution is 0.358. The molecule has 3 N–H and O–H groups in total. The summed E-state index contributed by atoms with van der Waals surface area (Å²) in [6.07, 6.45) is 1.72. The molecule has 0 saturated carbocycles. The summed E-state index contributed by atoms with van der Waals surface area (Å²) in [4.78, 5) is 4.57.